The van der Waals surface area contributed by atoms with E-state index in [1.165, 1.54) is 0 Å². The van der Waals surface area contributed by atoms with Gasteiger partial charge in [0, 0.05) is 0 Å². The average Bonchev–Trinajstić information content (AvgIpc) is 1.89. The summed E-state index contributed by atoms with van der Waals surface area (Å²) in [6, 6.07) is 0. The van der Waals surface area contributed by atoms with Gasteiger partial charge in [0.25, 0.3) is 0 Å². The molecule has 1 nitrogen and oxygen atoms in total. The van der Waals surface area contributed by atoms with Crippen molar-refractivity contribution in [3.63, 3.8) is 0 Å². The zero-order valence-corrected chi connectivity index (χ0v) is 5.93. The Hall–Kier alpha value is -0.730. The number of alkyl halides is 1. The molecule has 0 rings (SSSR count). The highest BCUT2D eigenvalue weighted by molar-refractivity contribution is 5.56. The van der Waals surface area contributed by atoms with Crippen LogP contribution in [0, 0.1) is 0 Å². The van der Waals surface area contributed by atoms with Crippen LogP contribution in [0.4, 0.5) is 8.78 Å². The molecule has 0 saturated heterocycles. The fraction of sp³-hybridized carbons (Fsp3) is 0.571. The molecular formula is C7H11F2N. The second kappa shape index (κ2) is 6.39. The van der Waals surface area contributed by atoms with Gasteiger partial charge in [0.15, 0.2) is 0 Å². The van der Waals surface area contributed by atoms with Crippen molar-refractivity contribution in [1.82, 2.24) is 0 Å². The van der Waals surface area contributed by atoms with Crippen LogP contribution in [0.2, 0.25) is 0 Å². The molecule has 0 aliphatic rings. The van der Waals surface area contributed by atoms with Gasteiger partial charge in [-0.2, -0.15) is 0 Å². The quantitative estimate of drug-likeness (QED) is 0.541. The molecule has 58 valence electrons. The van der Waals surface area contributed by atoms with Gasteiger partial charge in [-0.15, -0.1) is 0 Å². The van der Waals surface area contributed by atoms with E-state index in [1.807, 2.05) is 6.92 Å². The monoisotopic (exact) mass is 147 g/mol. The summed E-state index contributed by atoms with van der Waals surface area (Å²) in [5.74, 6) is 0. The Morgan fingerprint density at radius 3 is 2.80 bits per heavy atom. The summed E-state index contributed by atoms with van der Waals surface area (Å²) in [7, 11) is 0. The summed E-state index contributed by atoms with van der Waals surface area (Å²) in [6.07, 6.45) is 2.15. The molecule has 0 saturated carbocycles. The Labute approximate surface area is 59.5 Å². The minimum absolute atomic E-state index is 0.0221. The molecule has 0 aromatic carbocycles. The lowest BCUT2D eigenvalue weighted by atomic mass is 10.4. The normalized spacial score (nSPS) is 15.1. The molecule has 0 aromatic heterocycles. The molecule has 0 radical (unpaired) electrons. The van der Waals surface area contributed by atoms with Crippen molar-refractivity contribution >= 4 is 6.21 Å². The summed E-state index contributed by atoms with van der Waals surface area (Å²) >= 11 is 0. The van der Waals surface area contributed by atoms with Crippen molar-refractivity contribution in [3.8, 4) is 0 Å². The molecule has 0 amide bonds. The number of rotatable bonds is 4. The molecule has 1 unspecified atom stereocenters. The Morgan fingerprint density at radius 1 is 1.60 bits per heavy atom. The van der Waals surface area contributed by atoms with Crippen molar-refractivity contribution in [3.05, 3.63) is 12.4 Å². The van der Waals surface area contributed by atoms with Crippen LogP contribution in [-0.2, 0) is 0 Å². The third-order valence-electron chi connectivity index (χ3n) is 0.873. The third-order valence-corrected chi connectivity index (χ3v) is 0.873. The van der Waals surface area contributed by atoms with Crippen molar-refractivity contribution in [1.29, 1.82) is 0 Å². The van der Waals surface area contributed by atoms with Gasteiger partial charge < -0.3 is 0 Å². The summed E-state index contributed by atoms with van der Waals surface area (Å²) in [5.41, 5.74) is 0. The van der Waals surface area contributed by atoms with Gasteiger partial charge in [0.1, 0.15) is 6.17 Å². The predicted molar refractivity (Wildman–Crippen MR) is 38.8 cm³/mol. The Morgan fingerprint density at radius 2 is 2.30 bits per heavy atom. The van der Waals surface area contributed by atoms with Crippen LogP contribution in [0.3, 0.4) is 0 Å². The number of halogens is 2. The first-order chi connectivity index (χ1) is 4.81. The van der Waals surface area contributed by atoms with Crippen LogP contribution in [0.15, 0.2) is 17.4 Å². The lowest BCUT2D eigenvalue weighted by Gasteiger charge is -1.93. The fourth-order valence-corrected chi connectivity index (χ4v) is 0.444. The van der Waals surface area contributed by atoms with Crippen molar-refractivity contribution in [2.24, 2.45) is 4.99 Å². The number of hydrogen-bond donors (Lipinski definition) is 0. The predicted octanol–water partition coefficient (Wildman–Crippen LogP) is 2.29. The maximum Gasteiger partial charge on any atom is 0.140 e. The molecule has 0 fully saturated rings. The molecule has 0 heterocycles. The molecule has 0 N–H and O–H groups in total. The van der Waals surface area contributed by atoms with Crippen LogP contribution in [0.1, 0.15) is 13.3 Å². The Kier molecular flexibility index (Phi) is 5.92. The van der Waals surface area contributed by atoms with Gasteiger partial charge >= 0.3 is 0 Å². The second-order valence-corrected chi connectivity index (χ2v) is 1.79. The molecular weight excluding hydrogens is 136 g/mol. The van der Waals surface area contributed by atoms with Crippen LogP contribution in [0.25, 0.3) is 0 Å². The Bertz CT molecular complexity index is 121. The van der Waals surface area contributed by atoms with Gasteiger partial charge in [0.2, 0.25) is 0 Å². The largest absolute Gasteiger partial charge is 0.294 e. The molecule has 10 heavy (non-hydrogen) atoms. The first-order valence-electron chi connectivity index (χ1n) is 3.20. The summed E-state index contributed by atoms with van der Waals surface area (Å²) in [4.78, 5) is 3.69. The highest BCUT2D eigenvalue weighted by Crippen LogP contribution is 1.93. The molecule has 3 heteroatoms. The van der Waals surface area contributed by atoms with Crippen LogP contribution in [-0.4, -0.2) is 18.9 Å². The molecule has 0 aliphatic carbocycles. The minimum Gasteiger partial charge on any atom is -0.294 e. The van der Waals surface area contributed by atoms with E-state index in [2.05, 4.69) is 4.99 Å². The van der Waals surface area contributed by atoms with Gasteiger partial charge in [-0.25, -0.2) is 8.78 Å². The van der Waals surface area contributed by atoms with E-state index in [9.17, 15) is 8.78 Å². The smallest absolute Gasteiger partial charge is 0.140 e. The van der Waals surface area contributed by atoms with Crippen molar-refractivity contribution < 1.29 is 8.78 Å². The standard InChI is InChI=1S/C7H11F2N/c1-2-5-10-6-7(9)3-4-8/h3-5,7H,2,6H2,1H3/b4-3+,10-5?. The van der Waals surface area contributed by atoms with Gasteiger partial charge in [-0.3, -0.25) is 4.99 Å². The number of nitrogens with zero attached hydrogens (tertiary/aromatic N) is 1. The summed E-state index contributed by atoms with van der Waals surface area (Å²) < 4.78 is 23.6. The second-order valence-electron chi connectivity index (χ2n) is 1.79. The maximum atomic E-state index is 12.3. The third kappa shape index (κ3) is 5.41. The SMILES string of the molecule is CCC=NCC(F)/C=C/F. The summed E-state index contributed by atoms with van der Waals surface area (Å²) in [6.45, 7) is 1.93. The maximum absolute atomic E-state index is 12.3. The van der Waals surface area contributed by atoms with E-state index in [0.717, 1.165) is 12.5 Å². The lowest BCUT2D eigenvalue weighted by molar-refractivity contribution is 0.405. The highest BCUT2D eigenvalue weighted by Gasteiger charge is 1.96. The lowest BCUT2D eigenvalue weighted by Crippen LogP contribution is -1.99. The van der Waals surface area contributed by atoms with Crippen LogP contribution < -0.4 is 0 Å². The van der Waals surface area contributed by atoms with E-state index < -0.39 is 6.17 Å². The van der Waals surface area contributed by atoms with Crippen molar-refractivity contribution in [2.75, 3.05) is 6.54 Å². The van der Waals surface area contributed by atoms with E-state index in [1.54, 1.807) is 6.21 Å². The molecule has 1 atom stereocenters. The molecule has 0 spiro atoms. The Balaban J connectivity index is 3.38. The zero-order chi connectivity index (χ0) is 7.82. The summed E-state index contributed by atoms with van der Waals surface area (Å²) in [5, 5.41) is 0. The van der Waals surface area contributed by atoms with Gasteiger partial charge in [0.05, 0.1) is 12.9 Å². The molecule has 0 aromatic rings. The fourth-order valence-electron chi connectivity index (χ4n) is 0.444. The topological polar surface area (TPSA) is 12.4 Å². The first kappa shape index (κ1) is 9.27. The van der Waals surface area contributed by atoms with E-state index in [4.69, 9.17) is 0 Å². The van der Waals surface area contributed by atoms with Crippen LogP contribution >= 0.6 is 0 Å². The number of hydrogen-bond acceptors (Lipinski definition) is 1. The minimum atomic E-state index is -1.28. The average molecular weight is 147 g/mol. The zero-order valence-electron chi connectivity index (χ0n) is 5.93. The molecule has 0 aliphatic heterocycles. The highest BCUT2D eigenvalue weighted by atomic mass is 19.1. The van der Waals surface area contributed by atoms with E-state index in [0.29, 0.717) is 0 Å². The van der Waals surface area contributed by atoms with Gasteiger partial charge in [-0.05, 0) is 18.7 Å². The van der Waals surface area contributed by atoms with E-state index in [-0.39, 0.29) is 12.9 Å². The van der Waals surface area contributed by atoms with E-state index >= 15 is 0 Å². The van der Waals surface area contributed by atoms with Gasteiger partial charge in [-0.1, -0.05) is 6.92 Å². The van der Waals surface area contributed by atoms with Crippen molar-refractivity contribution in [2.45, 2.75) is 19.5 Å². The number of aliphatic imine (C=N–C) groups is 1. The first-order valence-corrected chi connectivity index (χ1v) is 3.20. The molecule has 0 bridgehead atoms. The van der Waals surface area contributed by atoms with Crippen LogP contribution in [0.5, 0.6) is 0 Å².